The first-order chi connectivity index (χ1) is 18.6. The number of nitrogens with zero attached hydrogens (tertiary/aromatic N) is 2. The summed E-state index contributed by atoms with van der Waals surface area (Å²) in [4.78, 5) is 28.8. The maximum atomic E-state index is 13.9. The molecule has 0 aliphatic heterocycles. The summed E-state index contributed by atoms with van der Waals surface area (Å²) in [6.45, 7) is 1.45. The molecule has 0 bridgehead atoms. The number of carbonyl (C=O) groups excluding carboxylic acids is 2. The average Bonchev–Trinajstić information content (AvgIpc) is 3.43. The molecule has 0 radical (unpaired) electrons. The standard InChI is InChI=1S/C28H39N3O7S/c1-6-24(28(33)29-21-9-7-8-10-21)30(18-20-11-13-22(36-2)14-12-20)27(32)19-31(39(5,34)35)25-16-15-23(37-3)17-26(25)38-4/h11-17,21,24H,6-10,18-19H2,1-5H3,(H,29,33)/t24-/m0/s1. The van der Waals surface area contributed by atoms with Gasteiger partial charge in [0, 0.05) is 18.7 Å². The van der Waals surface area contributed by atoms with Gasteiger partial charge in [0.05, 0.1) is 33.3 Å². The van der Waals surface area contributed by atoms with Crippen LogP contribution in [0.1, 0.15) is 44.6 Å². The van der Waals surface area contributed by atoms with E-state index in [1.165, 1.54) is 25.2 Å². The first-order valence-electron chi connectivity index (χ1n) is 13.0. The van der Waals surface area contributed by atoms with Crippen molar-refractivity contribution in [3.63, 3.8) is 0 Å². The summed E-state index contributed by atoms with van der Waals surface area (Å²) < 4.78 is 42.7. The van der Waals surface area contributed by atoms with Crippen molar-refractivity contribution in [1.29, 1.82) is 0 Å². The van der Waals surface area contributed by atoms with E-state index in [1.54, 1.807) is 31.4 Å². The van der Waals surface area contributed by atoms with E-state index in [0.29, 0.717) is 17.9 Å². The Morgan fingerprint density at radius 2 is 1.59 bits per heavy atom. The van der Waals surface area contributed by atoms with Crippen LogP contribution in [0.15, 0.2) is 42.5 Å². The highest BCUT2D eigenvalue weighted by Gasteiger charge is 2.33. The second-order valence-electron chi connectivity index (χ2n) is 9.59. The number of hydrogen-bond acceptors (Lipinski definition) is 7. The zero-order valence-electron chi connectivity index (χ0n) is 23.3. The molecule has 11 heteroatoms. The molecule has 1 fully saturated rings. The first kappa shape index (κ1) is 30.1. The highest BCUT2D eigenvalue weighted by Crippen LogP contribution is 2.34. The quantitative estimate of drug-likeness (QED) is 0.399. The van der Waals surface area contributed by atoms with Crippen molar-refractivity contribution in [2.75, 3.05) is 38.4 Å². The summed E-state index contributed by atoms with van der Waals surface area (Å²) in [5, 5.41) is 3.10. The van der Waals surface area contributed by atoms with Crippen LogP contribution >= 0.6 is 0 Å². The van der Waals surface area contributed by atoms with Gasteiger partial charge in [-0.05, 0) is 49.1 Å². The molecular formula is C28H39N3O7S. The number of benzene rings is 2. The van der Waals surface area contributed by atoms with Crippen LogP contribution in [0.3, 0.4) is 0 Å². The fraction of sp³-hybridized carbons (Fsp3) is 0.500. The third-order valence-corrected chi connectivity index (χ3v) is 8.06. The highest BCUT2D eigenvalue weighted by molar-refractivity contribution is 7.92. The number of sulfonamides is 1. The lowest BCUT2D eigenvalue weighted by Crippen LogP contribution is -2.53. The molecule has 10 nitrogen and oxygen atoms in total. The Bertz CT molecular complexity index is 1230. The minimum absolute atomic E-state index is 0.0839. The molecular weight excluding hydrogens is 522 g/mol. The minimum atomic E-state index is -3.90. The molecule has 1 saturated carbocycles. The topological polar surface area (TPSA) is 114 Å². The molecule has 1 aliphatic carbocycles. The number of nitrogens with one attached hydrogen (secondary N) is 1. The number of methoxy groups -OCH3 is 3. The van der Waals surface area contributed by atoms with Crippen LogP contribution in [-0.2, 0) is 26.2 Å². The molecule has 0 spiro atoms. The predicted molar refractivity (Wildman–Crippen MR) is 150 cm³/mol. The second kappa shape index (κ2) is 13.5. The SMILES string of the molecule is CC[C@@H](C(=O)NC1CCCC1)N(Cc1ccc(OC)cc1)C(=O)CN(c1ccc(OC)cc1OC)S(C)(=O)=O. The Balaban J connectivity index is 1.96. The molecule has 1 aliphatic rings. The molecule has 0 heterocycles. The van der Waals surface area contributed by atoms with E-state index in [0.717, 1.165) is 41.8 Å². The summed E-state index contributed by atoms with van der Waals surface area (Å²) in [7, 11) is 0.569. The Morgan fingerprint density at radius 3 is 2.13 bits per heavy atom. The smallest absolute Gasteiger partial charge is 0.244 e. The van der Waals surface area contributed by atoms with E-state index in [-0.39, 0.29) is 29.9 Å². The summed E-state index contributed by atoms with van der Waals surface area (Å²) in [6.07, 6.45) is 5.33. The molecule has 3 rings (SSSR count). The normalized spacial score (nSPS) is 14.4. The molecule has 2 aromatic rings. The zero-order valence-corrected chi connectivity index (χ0v) is 24.1. The predicted octanol–water partition coefficient (Wildman–Crippen LogP) is 3.34. The largest absolute Gasteiger partial charge is 0.497 e. The van der Waals surface area contributed by atoms with Gasteiger partial charge in [-0.15, -0.1) is 0 Å². The van der Waals surface area contributed by atoms with Gasteiger partial charge >= 0.3 is 0 Å². The summed E-state index contributed by atoms with van der Waals surface area (Å²) in [5.41, 5.74) is 0.978. The van der Waals surface area contributed by atoms with E-state index >= 15 is 0 Å². The molecule has 2 aromatic carbocycles. The van der Waals surface area contributed by atoms with Crippen LogP contribution in [0.5, 0.6) is 17.2 Å². The van der Waals surface area contributed by atoms with Crippen molar-refractivity contribution in [2.24, 2.45) is 0 Å². The number of ether oxygens (including phenoxy) is 3. The molecule has 0 unspecified atom stereocenters. The number of anilines is 1. The van der Waals surface area contributed by atoms with Crippen LogP contribution in [0.2, 0.25) is 0 Å². The van der Waals surface area contributed by atoms with E-state index < -0.39 is 28.5 Å². The highest BCUT2D eigenvalue weighted by atomic mass is 32.2. The summed E-state index contributed by atoms with van der Waals surface area (Å²) in [6, 6.07) is 11.2. The summed E-state index contributed by atoms with van der Waals surface area (Å²) >= 11 is 0. The van der Waals surface area contributed by atoms with Gasteiger partial charge in [0.1, 0.15) is 29.8 Å². The maximum Gasteiger partial charge on any atom is 0.244 e. The van der Waals surface area contributed by atoms with Crippen LogP contribution < -0.4 is 23.8 Å². The average molecular weight is 562 g/mol. The fourth-order valence-electron chi connectivity index (χ4n) is 4.80. The Hall–Kier alpha value is -3.47. The Labute approximate surface area is 231 Å². The van der Waals surface area contributed by atoms with Gasteiger partial charge < -0.3 is 24.4 Å². The second-order valence-corrected chi connectivity index (χ2v) is 11.5. The molecule has 1 N–H and O–H groups in total. The van der Waals surface area contributed by atoms with Gasteiger partial charge in [0.2, 0.25) is 21.8 Å². The Kier molecular flexibility index (Phi) is 10.4. The van der Waals surface area contributed by atoms with Gasteiger partial charge in [-0.2, -0.15) is 0 Å². The van der Waals surface area contributed by atoms with Gasteiger partial charge in [0.25, 0.3) is 0 Å². The van der Waals surface area contributed by atoms with Crippen molar-refractivity contribution in [3.05, 3.63) is 48.0 Å². The van der Waals surface area contributed by atoms with Crippen molar-refractivity contribution >= 4 is 27.5 Å². The van der Waals surface area contributed by atoms with Crippen LogP contribution in [0.4, 0.5) is 5.69 Å². The van der Waals surface area contributed by atoms with Crippen molar-refractivity contribution in [2.45, 2.75) is 57.7 Å². The minimum Gasteiger partial charge on any atom is -0.497 e. The van der Waals surface area contributed by atoms with Crippen molar-refractivity contribution in [3.8, 4) is 17.2 Å². The molecule has 2 amide bonds. The van der Waals surface area contributed by atoms with Gasteiger partial charge in [-0.25, -0.2) is 8.42 Å². The molecule has 214 valence electrons. The lowest BCUT2D eigenvalue weighted by Gasteiger charge is -2.33. The Morgan fingerprint density at radius 1 is 0.974 bits per heavy atom. The lowest BCUT2D eigenvalue weighted by molar-refractivity contribution is -0.140. The van der Waals surface area contributed by atoms with Crippen molar-refractivity contribution in [1.82, 2.24) is 10.2 Å². The fourth-order valence-corrected chi connectivity index (χ4v) is 5.65. The molecule has 0 saturated heterocycles. The van der Waals surface area contributed by atoms with Crippen LogP contribution in [-0.4, -0.2) is 71.3 Å². The van der Waals surface area contributed by atoms with Gasteiger partial charge in [-0.1, -0.05) is 31.9 Å². The van der Waals surface area contributed by atoms with E-state index in [4.69, 9.17) is 14.2 Å². The number of hydrogen-bond donors (Lipinski definition) is 1. The molecule has 1 atom stereocenters. The van der Waals surface area contributed by atoms with E-state index in [1.807, 2.05) is 19.1 Å². The van der Waals surface area contributed by atoms with Gasteiger partial charge in [-0.3, -0.25) is 13.9 Å². The lowest BCUT2D eigenvalue weighted by atomic mass is 10.1. The van der Waals surface area contributed by atoms with Crippen LogP contribution in [0, 0.1) is 0 Å². The monoisotopic (exact) mass is 561 g/mol. The first-order valence-corrected chi connectivity index (χ1v) is 14.9. The van der Waals surface area contributed by atoms with Crippen LogP contribution in [0.25, 0.3) is 0 Å². The van der Waals surface area contributed by atoms with Crippen molar-refractivity contribution < 1.29 is 32.2 Å². The van der Waals surface area contributed by atoms with Gasteiger partial charge in [0.15, 0.2) is 0 Å². The summed E-state index contributed by atoms with van der Waals surface area (Å²) in [5.74, 6) is 0.630. The third-order valence-electron chi connectivity index (χ3n) is 6.93. The third kappa shape index (κ3) is 7.78. The maximum absolute atomic E-state index is 13.9. The number of carbonyl (C=O) groups is 2. The number of rotatable bonds is 13. The number of amides is 2. The zero-order chi connectivity index (χ0) is 28.6. The van der Waals surface area contributed by atoms with E-state index in [2.05, 4.69) is 5.32 Å². The molecule has 0 aromatic heterocycles. The van der Waals surface area contributed by atoms with E-state index in [9.17, 15) is 18.0 Å². The molecule has 39 heavy (non-hydrogen) atoms.